The van der Waals surface area contributed by atoms with Crippen LogP contribution in [0.5, 0.6) is 0 Å². The summed E-state index contributed by atoms with van der Waals surface area (Å²) in [5, 5.41) is 0. The number of pyridine rings is 6. The number of hydrogen-bond acceptors (Lipinski definition) is 6. The van der Waals surface area contributed by atoms with Crippen LogP contribution in [-0.4, -0.2) is 29.9 Å². The molecule has 0 aliphatic carbocycles. The molecule has 3 radical (unpaired) electrons. The maximum Gasteiger partial charge on any atom is 0.0166 e. The number of benzene rings is 9. The minimum absolute atomic E-state index is 0. The van der Waals surface area contributed by atoms with Crippen LogP contribution < -0.4 is 0 Å². The first-order chi connectivity index (χ1) is 46.3. The van der Waals surface area contributed by atoms with Crippen molar-refractivity contribution < 1.29 is 60.3 Å². The maximum atomic E-state index is 4.45. The minimum atomic E-state index is 0. The Balaban J connectivity index is 0.000000165. The van der Waals surface area contributed by atoms with Crippen molar-refractivity contribution in [3.8, 4) is 101 Å². The molecule has 97 heavy (non-hydrogen) atoms. The summed E-state index contributed by atoms with van der Waals surface area (Å²) in [4.78, 5) is 26.0. The average molecular weight is 1790 g/mol. The summed E-state index contributed by atoms with van der Waals surface area (Å²) < 4.78 is 0. The topological polar surface area (TPSA) is 77.3 Å². The third kappa shape index (κ3) is 23.6. The van der Waals surface area contributed by atoms with Gasteiger partial charge in [-0.25, -0.2) is 0 Å². The molecule has 0 aliphatic heterocycles. The van der Waals surface area contributed by atoms with Gasteiger partial charge in [0.15, 0.2) is 0 Å². The Morgan fingerprint density at radius 3 is 0.670 bits per heavy atom. The first-order valence-corrected chi connectivity index (χ1v) is 30.9. The Morgan fingerprint density at radius 2 is 0.423 bits per heavy atom. The van der Waals surface area contributed by atoms with E-state index in [2.05, 4.69) is 173 Å². The van der Waals surface area contributed by atoms with Gasteiger partial charge in [0, 0.05) is 97.5 Å². The van der Waals surface area contributed by atoms with E-state index in [1.54, 1.807) is 18.6 Å². The van der Waals surface area contributed by atoms with Gasteiger partial charge in [-0.2, -0.15) is 0 Å². The van der Waals surface area contributed by atoms with Crippen LogP contribution in [0.1, 0.15) is 22.3 Å². The third-order valence-corrected chi connectivity index (χ3v) is 14.4. The van der Waals surface area contributed by atoms with E-state index in [-0.39, 0.29) is 60.3 Å². The van der Waals surface area contributed by atoms with E-state index in [1.165, 1.54) is 55.6 Å². The van der Waals surface area contributed by atoms with E-state index >= 15 is 0 Å². The Morgan fingerprint density at radius 1 is 0.186 bits per heavy atom. The van der Waals surface area contributed by atoms with Crippen LogP contribution >= 0.6 is 0 Å². The predicted molar refractivity (Wildman–Crippen MR) is 386 cm³/mol. The molecule has 0 bridgehead atoms. The standard InChI is InChI=1S/2C19H16N.C17H12N.3C11H8N.3Ir/c2*1-14-10-15(2)12-18(11-14)17-8-9-20-19(13-17)16-6-4-3-5-7-16;1-3-7-14(8-4-1)16-11-12-18-17(13-16)15-9-5-2-6-10-15;3*1-2-6-10(7-3-1)11-8-4-5-9-12-11;;;/h2*3-6,8-13H,1-2H3;1-9,11-13H;3*1-6,8-9H;;;/q6*-1;;;. The fraction of sp³-hybridized carbons (Fsp3) is 0.0455. The van der Waals surface area contributed by atoms with E-state index in [4.69, 9.17) is 0 Å². The molecular formula is C88H68Ir3N6-6. The average Bonchev–Trinajstić information content (AvgIpc) is 0.893. The molecule has 0 atom stereocenters. The molecular weight excluding hydrogens is 1720 g/mol. The molecule has 483 valence electrons. The van der Waals surface area contributed by atoms with E-state index < -0.39 is 0 Å². The van der Waals surface area contributed by atoms with E-state index in [1.807, 2.05) is 243 Å². The molecule has 9 heteroatoms. The summed E-state index contributed by atoms with van der Waals surface area (Å²) in [6.07, 6.45) is 10.9. The monoisotopic (exact) mass is 1790 g/mol. The van der Waals surface area contributed by atoms with Crippen molar-refractivity contribution in [2.75, 3.05) is 0 Å². The zero-order valence-corrected chi connectivity index (χ0v) is 61.2. The van der Waals surface area contributed by atoms with Crippen molar-refractivity contribution in [1.82, 2.24) is 29.9 Å². The van der Waals surface area contributed by atoms with Crippen LogP contribution in [0, 0.1) is 64.1 Å². The second-order valence-electron chi connectivity index (χ2n) is 21.7. The first-order valence-electron chi connectivity index (χ1n) is 30.9. The van der Waals surface area contributed by atoms with Gasteiger partial charge in [0.2, 0.25) is 0 Å². The molecule has 0 saturated carbocycles. The second kappa shape index (κ2) is 40.3. The summed E-state index contributed by atoms with van der Waals surface area (Å²) in [5.74, 6) is 0. The molecule has 6 nitrogen and oxygen atoms in total. The summed E-state index contributed by atoms with van der Waals surface area (Å²) >= 11 is 0. The zero-order chi connectivity index (χ0) is 64.8. The predicted octanol–water partition coefficient (Wildman–Crippen LogP) is 21.5. The van der Waals surface area contributed by atoms with Crippen molar-refractivity contribution in [2.45, 2.75) is 27.7 Å². The van der Waals surface area contributed by atoms with Gasteiger partial charge in [-0.3, -0.25) is 0 Å². The van der Waals surface area contributed by atoms with Crippen molar-refractivity contribution in [3.05, 3.63) is 399 Å². The molecule has 0 saturated heterocycles. The minimum Gasteiger partial charge on any atom is -0.305 e. The fourth-order valence-corrected chi connectivity index (χ4v) is 10.1. The second-order valence-corrected chi connectivity index (χ2v) is 21.7. The molecule has 0 unspecified atom stereocenters. The van der Waals surface area contributed by atoms with Crippen LogP contribution in [0.4, 0.5) is 0 Å². The van der Waals surface area contributed by atoms with Gasteiger partial charge >= 0.3 is 0 Å². The third-order valence-electron chi connectivity index (χ3n) is 14.4. The van der Waals surface area contributed by atoms with Crippen LogP contribution in [-0.2, 0) is 60.3 Å². The molecule has 0 spiro atoms. The van der Waals surface area contributed by atoms with Crippen LogP contribution in [0.2, 0.25) is 0 Å². The molecule has 6 aromatic heterocycles. The number of rotatable bonds is 9. The van der Waals surface area contributed by atoms with Crippen molar-refractivity contribution in [1.29, 1.82) is 0 Å². The summed E-state index contributed by atoms with van der Waals surface area (Å²) in [6.45, 7) is 8.51. The number of aromatic nitrogens is 6. The van der Waals surface area contributed by atoms with Gasteiger partial charge in [-0.1, -0.05) is 144 Å². The van der Waals surface area contributed by atoms with Crippen molar-refractivity contribution in [3.63, 3.8) is 0 Å². The summed E-state index contributed by atoms with van der Waals surface area (Å²) in [7, 11) is 0. The number of aryl methyl sites for hydroxylation is 4. The SMILES string of the molecule is Cc1cc(C)cc(-c2ccnc(-c3[c-]cccc3)c2)c1.Cc1cc(C)cc(-c2ccnc(-c3[c-]cccc3)c2)c1.[Ir].[Ir].[Ir].[c-]1ccccc1-c1cc(-c2ccccc2)ccn1.[c-]1ccccc1-c1ccccn1.[c-]1ccccc1-c1ccccn1.[c-]1ccccc1-c1ccccn1. The quantitative estimate of drug-likeness (QED) is 0.134. The van der Waals surface area contributed by atoms with Crippen LogP contribution in [0.25, 0.3) is 101 Å². The van der Waals surface area contributed by atoms with E-state index in [0.717, 1.165) is 67.5 Å². The molecule has 0 fully saturated rings. The molecule has 15 aromatic rings. The molecule has 15 rings (SSSR count). The fourth-order valence-electron chi connectivity index (χ4n) is 10.1. The van der Waals surface area contributed by atoms with E-state index in [0.29, 0.717) is 0 Å². The zero-order valence-electron chi connectivity index (χ0n) is 54.0. The van der Waals surface area contributed by atoms with Crippen LogP contribution in [0.15, 0.2) is 340 Å². The Bertz CT molecular complexity index is 4150. The van der Waals surface area contributed by atoms with E-state index in [9.17, 15) is 0 Å². The smallest absolute Gasteiger partial charge is 0.0166 e. The van der Waals surface area contributed by atoms with Gasteiger partial charge in [0.1, 0.15) is 0 Å². The van der Waals surface area contributed by atoms with Gasteiger partial charge in [-0.15, -0.1) is 215 Å². The summed E-state index contributed by atoms with van der Waals surface area (Å²) in [5.41, 5.74) is 24.4. The maximum absolute atomic E-state index is 4.45. The van der Waals surface area contributed by atoms with Gasteiger partial charge in [0.05, 0.1) is 0 Å². The Hall–Kier alpha value is -10.2. The van der Waals surface area contributed by atoms with Crippen molar-refractivity contribution in [2.24, 2.45) is 0 Å². The normalized spacial score (nSPS) is 9.81. The van der Waals surface area contributed by atoms with Gasteiger partial charge in [0.25, 0.3) is 0 Å². The number of nitrogens with zero attached hydrogens (tertiary/aromatic N) is 6. The Kier molecular flexibility index (Phi) is 30.8. The molecule has 9 aromatic carbocycles. The molecule has 0 N–H and O–H groups in total. The van der Waals surface area contributed by atoms with Gasteiger partial charge < -0.3 is 29.9 Å². The Labute approximate surface area is 612 Å². The van der Waals surface area contributed by atoms with Gasteiger partial charge in [-0.05, 0) is 132 Å². The van der Waals surface area contributed by atoms with Crippen molar-refractivity contribution >= 4 is 0 Å². The number of hydrogen-bond donors (Lipinski definition) is 0. The molecule has 0 amide bonds. The largest absolute Gasteiger partial charge is 0.305 e. The first kappa shape index (κ1) is 74.2. The molecule has 6 heterocycles. The van der Waals surface area contributed by atoms with Crippen LogP contribution in [0.3, 0.4) is 0 Å². The summed E-state index contributed by atoms with van der Waals surface area (Å²) in [6, 6.07) is 120. The molecule has 0 aliphatic rings.